The summed E-state index contributed by atoms with van der Waals surface area (Å²) in [6.45, 7) is 1.11. The lowest BCUT2D eigenvalue weighted by Gasteiger charge is -2.09. The van der Waals surface area contributed by atoms with Gasteiger partial charge in [-0.25, -0.2) is 9.97 Å². The Hall–Kier alpha value is -2.81. The summed E-state index contributed by atoms with van der Waals surface area (Å²) in [5, 5.41) is 8.30. The second-order valence-corrected chi connectivity index (χ2v) is 5.95. The van der Waals surface area contributed by atoms with E-state index < -0.39 is 0 Å². The Labute approximate surface area is 180 Å². The Kier molecular flexibility index (Phi) is 8.26. The van der Waals surface area contributed by atoms with Crippen molar-refractivity contribution in [2.24, 2.45) is 5.73 Å². The second-order valence-electron chi connectivity index (χ2n) is 5.95. The van der Waals surface area contributed by atoms with Crippen molar-refractivity contribution in [3.8, 4) is 11.5 Å². The van der Waals surface area contributed by atoms with Gasteiger partial charge in [0, 0.05) is 31.0 Å². The number of hydrogen-bond donors (Lipinski definition) is 2. The van der Waals surface area contributed by atoms with Crippen molar-refractivity contribution in [2.45, 2.75) is 12.8 Å². The van der Waals surface area contributed by atoms with Gasteiger partial charge < -0.3 is 15.6 Å². The molecule has 0 saturated heterocycles. The van der Waals surface area contributed by atoms with Crippen molar-refractivity contribution in [1.29, 1.82) is 0 Å². The van der Waals surface area contributed by atoms with Crippen LogP contribution < -0.4 is 11.1 Å². The third-order valence-electron chi connectivity index (χ3n) is 4.01. The topological polar surface area (TPSA) is 116 Å². The summed E-state index contributed by atoms with van der Waals surface area (Å²) in [6.07, 6.45) is 2.91. The van der Waals surface area contributed by atoms with Gasteiger partial charge in [0.25, 0.3) is 0 Å². The fraction of sp³-hybridized carbons (Fsp3) is 0.211. The molecule has 0 atom stereocenters. The van der Waals surface area contributed by atoms with Gasteiger partial charge in [-0.15, -0.1) is 24.8 Å². The van der Waals surface area contributed by atoms with Crippen LogP contribution in [0.2, 0.25) is 0 Å². The SMILES string of the molecule is Cl.Cl.NCCc1nc(NCCc2nc(-c3ccccn3)no2)c2ccccc2n1. The largest absolute Gasteiger partial charge is 0.369 e. The smallest absolute Gasteiger partial charge is 0.228 e. The minimum atomic E-state index is 0. The molecule has 0 unspecified atom stereocenters. The highest BCUT2D eigenvalue weighted by Gasteiger charge is 2.10. The van der Waals surface area contributed by atoms with Crippen LogP contribution in [-0.2, 0) is 12.8 Å². The number of nitrogens with one attached hydrogen (secondary N) is 1. The van der Waals surface area contributed by atoms with Crippen molar-refractivity contribution in [3.63, 3.8) is 0 Å². The first kappa shape index (κ1) is 22.5. The van der Waals surface area contributed by atoms with Crippen molar-refractivity contribution in [2.75, 3.05) is 18.4 Å². The second kappa shape index (κ2) is 10.7. The van der Waals surface area contributed by atoms with Gasteiger partial charge in [0.2, 0.25) is 11.7 Å². The minimum absolute atomic E-state index is 0. The lowest BCUT2D eigenvalue weighted by atomic mass is 10.2. The number of aromatic nitrogens is 5. The number of benzene rings is 1. The maximum atomic E-state index is 5.65. The highest BCUT2D eigenvalue weighted by molar-refractivity contribution is 5.89. The van der Waals surface area contributed by atoms with Crippen molar-refractivity contribution < 1.29 is 4.52 Å². The molecule has 0 saturated carbocycles. The van der Waals surface area contributed by atoms with Crippen LogP contribution in [0.15, 0.2) is 53.2 Å². The lowest BCUT2D eigenvalue weighted by molar-refractivity contribution is 0.381. The molecule has 0 bridgehead atoms. The number of hydrogen-bond acceptors (Lipinski definition) is 8. The molecule has 4 aromatic rings. The number of halogens is 2. The molecule has 0 aliphatic carbocycles. The molecule has 152 valence electrons. The van der Waals surface area contributed by atoms with Crippen molar-refractivity contribution in [3.05, 3.63) is 60.4 Å². The van der Waals surface area contributed by atoms with Crippen molar-refractivity contribution in [1.82, 2.24) is 25.1 Å². The van der Waals surface area contributed by atoms with Gasteiger partial charge in [-0.3, -0.25) is 4.98 Å². The minimum Gasteiger partial charge on any atom is -0.369 e. The summed E-state index contributed by atoms with van der Waals surface area (Å²) >= 11 is 0. The third-order valence-corrected chi connectivity index (χ3v) is 4.01. The van der Waals surface area contributed by atoms with E-state index in [2.05, 4.69) is 30.4 Å². The molecule has 29 heavy (non-hydrogen) atoms. The Balaban J connectivity index is 0.00000150. The molecule has 10 heteroatoms. The standard InChI is InChI=1S/C19H19N7O.2ClH/c20-10-8-16-23-14-6-2-1-5-13(14)18(24-16)22-12-9-17-25-19(26-27-17)15-7-3-4-11-21-15;;/h1-7,11H,8-10,12,20H2,(H,22,23,24);2*1H. The fourth-order valence-electron chi connectivity index (χ4n) is 2.74. The highest BCUT2D eigenvalue weighted by Crippen LogP contribution is 2.20. The molecule has 1 aromatic carbocycles. The van der Waals surface area contributed by atoms with Crippen LogP contribution in [0, 0.1) is 0 Å². The Morgan fingerprint density at radius 3 is 2.55 bits per heavy atom. The van der Waals surface area contributed by atoms with Gasteiger partial charge in [-0.2, -0.15) is 4.98 Å². The van der Waals surface area contributed by atoms with Gasteiger partial charge in [0.1, 0.15) is 17.3 Å². The Bertz CT molecular complexity index is 1040. The molecule has 3 aromatic heterocycles. The van der Waals surface area contributed by atoms with E-state index in [0.29, 0.717) is 43.3 Å². The summed E-state index contributed by atoms with van der Waals surface area (Å²) in [7, 11) is 0. The number of anilines is 1. The van der Waals surface area contributed by atoms with E-state index in [9.17, 15) is 0 Å². The number of nitrogens with two attached hydrogens (primary N) is 1. The fourth-order valence-corrected chi connectivity index (χ4v) is 2.74. The quantitative estimate of drug-likeness (QED) is 0.456. The summed E-state index contributed by atoms with van der Waals surface area (Å²) < 4.78 is 5.32. The molecule has 0 aliphatic heterocycles. The summed E-state index contributed by atoms with van der Waals surface area (Å²) in [6, 6.07) is 13.5. The molecule has 8 nitrogen and oxygen atoms in total. The molecule has 0 fully saturated rings. The number of rotatable bonds is 7. The van der Waals surface area contributed by atoms with E-state index in [1.54, 1.807) is 6.20 Å². The van der Waals surface area contributed by atoms with Crippen LogP contribution in [0.3, 0.4) is 0 Å². The predicted octanol–water partition coefficient (Wildman–Crippen LogP) is 3.07. The zero-order valence-corrected chi connectivity index (χ0v) is 17.1. The first-order valence-electron chi connectivity index (χ1n) is 8.77. The normalized spacial score (nSPS) is 10.2. The van der Waals surface area contributed by atoms with E-state index >= 15 is 0 Å². The molecule has 0 spiro atoms. The van der Waals surface area contributed by atoms with Gasteiger partial charge in [-0.05, 0) is 30.8 Å². The van der Waals surface area contributed by atoms with Gasteiger partial charge in [0.05, 0.1) is 5.52 Å². The van der Waals surface area contributed by atoms with E-state index in [1.807, 2.05) is 42.5 Å². The maximum Gasteiger partial charge on any atom is 0.228 e. The number of para-hydroxylation sites is 1. The monoisotopic (exact) mass is 433 g/mol. The summed E-state index contributed by atoms with van der Waals surface area (Å²) in [4.78, 5) is 17.8. The first-order chi connectivity index (χ1) is 13.3. The molecule has 0 aliphatic rings. The molecular formula is C19H21Cl2N7O. The van der Waals surface area contributed by atoms with Crippen LogP contribution >= 0.6 is 24.8 Å². The average Bonchev–Trinajstić information content (AvgIpc) is 3.18. The Morgan fingerprint density at radius 1 is 0.931 bits per heavy atom. The van der Waals surface area contributed by atoms with Gasteiger partial charge in [0.15, 0.2) is 0 Å². The maximum absolute atomic E-state index is 5.65. The van der Waals surface area contributed by atoms with Gasteiger partial charge >= 0.3 is 0 Å². The van der Waals surface area contributed by atoms with Gasteiger partial charge in [-0.1, -0.05) is 23.4 Å². The molecule has 0 radical (unpaired) electrons. The van der Waals surface area contributed by atoms with Crippen LogP contribution in [0.4, 0.5) is 5.82 Å². The lowest BCUT2D eigenvalue weighted by Crippen LogP contribution is -2.11. The number of fused-ring (bicyclic) bond motifs is 1. The zero-order chi connectivity index (χ0) is 18.5. The predicted molar refractivity (Wildman–Crippen MR) is 117 cm³/mol. The molecular weight excluding hydrogens is 413 g/mol. The summed E-state index contributed by atoms with van der Waals surface area (Å²) in [5.74, 6) is 2.55. The molecule has 4 rings (SSSR count). The number of nitrogens with zero attached hydrogens (tertiary/aromatic N) is 5. The third kappa shape index (κ3) is 5.38. The van der Waals surface area contributed by atoms with Crippen LogP contribution in [-0.4, -0.2) is 38.2 Å². The van der Waals surface area contributed by atoms with E-state index in [-0.39, 0.29) is 24.8 Å². The summed E-state index contributed by atoms with van der Waals surface area (Å²) in [5.41, 5.74) is 7.23. The van der Waals surface area contributed by atoms with Crippen LogP contribution in [0.25, 0.3) is 22.4 Å². The van der Waals surface area contributed by atoms with E-state index in [0.717, 1.165) is 22.5 Å². The Morgan fingerprint density at radius 2 is 1.76 bits per heavy atom. The molecule has 3 heterocycles. The van der Waals surface area contributed by atoms with Crippen molar-refractivity contribution >= 4 is 41.5 Å². The molecule has 3 N–H and O–H groups in total. The van der Waals surface area contributed by atoms with E-state index in [4.69, 9.17) is 10.3 Å². The number of pyridine rings is 1. The highest BCUT2D eigenvalue weighted by atomic mass is 35.5. The van der Waals surface area contributed by atoms with E-state index in [1.165, 1.54) is 0 Å². The first-order valence-corrected chi connectivity index (χ1v) is 8.77. The average molecular weight is 434 g/mol. The van der Waals surface area contributed by atoms with Crippen LogP contribution in [0.1, 0.15) is 11.7 Å². The van der Waals surface area contributed by atoms with Crippen LogP contribution in [0.5, 0.6) is 0 Å². The zero-order valence-electron chi connectivity index (χ0n) is 15.5. The molecule has 0 amide bonds.